The third kappa shape index (κ3) is 2.13. The molecule has 1 aromatic carbocycles. The first-order chi connectivity index (χ1) is 7.35. The Kier molecular flexibility index (Phi) is 3.23. The summed E-state index contributed by atoms with van der Waals surface area (Å²) in [5, 5.41) is 9.87. The molecule has 0 aliphatic heterocycles. The number of hydrogen-bond acceptors (Lipinski definition) is 1. The normalized spacial score (nSPS) is 15.5. The van der Waals surface area contributed by atoms with Gasteiger partial charge in [-0.05, 0) is 36.0 Å². The van der Waals surface area contributed by atoms with Gasteiger partial charge in [-0.15, -0.1) is 0 Å². The smallest absolute Gasteiger partial charge is 0.0950 e. The minimum atomic E-state index is 0.886. The fourth-order valence-corrected chi connectivity index (χ4v) is 2.35. The Morgan fingerprint density at radius 2 is 1.93 bits per heavy atom. The van der Waals surface area contributed by atoms with Gasteiger partial charge in [0.2, 0.25) is 0 Å². The van der Waals surface area contributed by atoms with E-state index < -0.39 is 0 Å². The maximum absolute atomic E-state index is 8.98. The molecule has 2 heteroatoms. The van der Waals surface area contributed by atoms with Crippen LogP contribution in [0, 0.1) is 11.3 Å². The van der Waals surface area contributed by atoms with Gasteiger partial charge < -0.3 is 0 Å². The molecule has 0 heterocycles. The summed E-state index contributed by atoms with van der Waals surface area (Å²) in [6.45, 7) is 0. The standard InChI is InChI=1S/C13H12BrN/c14-8-10-4-6-11(7-5-10)13-3-1-2-12(13)9-15/h4-7H,1-3,8H2. The summed E-state index contributed by atoms with van der Waals surface area (Å²) < 4.78 is 0. The van der Waals surface area contributed by atoms with Gasteiger partial charge in [-0.25, -0.2) is 0 Å². The fraction of sp³-hybridized carbons (Fsp3) is 0.308. The quantitative estimate of drug-likeness (QED) is 0.738. The van der Waals surface area contributed by atoms with Crippen molar-refractivity contribution in [3.05, 3.63) is 41.0 Å². The molecular weight excluding hydrogens is 250 g/mol. The van der Waals surface area contributed by atoms with Gasteiger partial charge >= 0.3 is 0 Å². The molecule has 0 saturated carbocycles. The lowest BCUT2D eigenvalue weighted by atomic mass is 10.0. The average molecular weight is 262 g/mol. The molecule has 1 nitrogen and oxygen atoms in total. The topological polar surface area (TPSA) is 23.8 Å². The molecule has 1 aromatic rings. The van der Waals surface area contributed by atoms with Crippen LogP contribution in [0.3, 0.4) is 0 Å². The monoisotopic (exact) mass is 261 g/mol. The van der Waals surface area contributed by atoms with E-state index in [4.69, 9.17) is 5.26 Å². The summed E-state index contributed by atoms with van der Waals surface area (Å²) in [6.07, 6.45) is 3.13. The van der Waals surface area contributed by atoms with E-state index in [9.17, 15) is 0 Å². The van der Waals surface area contributed by atoms with Crippen LogP contribution in [-0.2, 0) is 5.33 Å². The van der Waals surface area contributed by atoms with E-state index in [-0.39, 0.29) is 0 Å². The molecule has 0 aromatic heterocycles. The molecule has 1 aliphatic rings. The van der Waals surface area contributed by atoms with Gasteiger partial charge in [-0.1, -0.05) is 40.2 Å². The average Bonchev–Trinajstić information content (AvgIpc) is 2.77. The summed E-state index contributed by atoms with van der Waals surface area (Å²) >= 11 is 3.43. The van der Waals surface area contributed by atoms with Crippen LogP contribution in [0.1, 0.15) is 30.4 Å². The third-order valence-electron chi connectivity index (χ3n) is 2.81. The number of hydrogen-bond donors (Lipinski definition) is 0. The molecule has 0 radical (unpaired) electrons. The molecule has 2 rings (SSSR count). The first-order valence-electron chi connectivity index (χ1n) is 5.12. The summed E-state index contributed by atoms with van der Waals surface area (Å²) in [4.78, 5) is 0. The van der Waals surface area contributed by atoms with Crippen molar-refractivity contribution in [2.75, 3.05) is 0 Å². The number of alkyl halides is 1. The number of halogens is 1. The Labute approximate surface area is 98.6 Å². The number of allylic oxidation sites excluding steroid dienone is 2. The molecule has 0 unspecified atom stereocenters. The molecule has 0 fully saturated rings. The van der Waals surface area contributed by atoms with Crippen LogP contribution in [0.15, 0.2) is 29.8 Å². The van der Waals surface area contributed by atoms with Crippen molar-refractivity contribution >= 4 is 21.5 Å². The highest BCUT2D eigenvalue weighted by Crippen LogP contribution is 2.33. The first kappa shape index (κ1) is 10.4. The van der Waals surface area contributed by atoms with E-state index in [0.717, 1.165) is 30.2 Å². The zero-order valence-corrected chi connectivity index (χ0v) is 10.0. The van der Waals surface area contributed by atoms with Gasteiger partial charge in [-0.2, -0.15) is 5.26 Å². The minimum Gasteiger partial charge on any atom is -0.193 e. The molecule has 0 saturated heterocycles. The first-order valence-corrected chi connectivity index (χ1v) is 6.24. The Morgan fingerprint density at radius 3 is 2.53 bits per heavy atom. The largest absolute Gasteiger partial charge is 0.193 e. The lowest BCUT2D eigenvalue weighted by Crippen LogP contribution is -1.84. The Hall–Kier alpha value is -1.07. The molecule has 76 valence electrons. The van der Waals surface area contributed by atoms with Gasteiger partial charge in [0.15, 0.2) is 0 Å². The van der Waals surface area contributed by atoms with Gasteiger partial charge in [0, 0.05) is 10.9 Å². The zero-order chi connectivity index (χ0) is 10.7. The zero-order valence-electron chi connectivity index (χ0n) is 8.46. The van der Waals surface area contributed by atoms with E-state index in [1.807, 2.05) is 0 Å². The van der Waals surface area contributed by atoms with Gasteiger partial charge in [0.25, 0.3) is 0 Å². The predicted octanol–water partition coefficient (Wildman–Crippen LogP) is 4.04. The summed E-state index contributed by atoms with van der Waals surface area (Å²) in [7, 11) is 0. The summed E-state index contributed by atoms with van der Waals surface area (Å²) in [5.74, 6) is 0. The van der Waals surface area contributed by atoms with Crippen LogP contribution in [0.4, 0.5) is 0 Å². The highest BCUT2D eigenvalue weighted by atomic mass is 79.9. The van der Waals surface area contributed by atoms with Crippen molar-refractivity contribution in [3.63, 3.8) is 0 Å². The second-order valence-corrected chi connectivity index (χ2v) is 4.31. The van der Waals surface area contributed by atoms with Crippen molar-refractivity contribution < 1.29 is 0 Å². The number of nitriles is 1. The number of benzene rings is 1. The molecule has 15 heavy (non-hydrogen) atoms. The van der Waals surface area contributed by atoms with E-state index in [0.29, 0.717) is 0 Å². The van der Waals surface area contributed by atoms with Crippen LogP contribution in [0.25, 0.3) is 5.57 Å². The van der Waals surface area contributed by atoms with Crippen LogP contribution >= 0.6 is 15.9 Å². The van der Waals surface area contributed by atoms with E-state index in [1.165, 1.54) is 16.7 Å². The highest BCUT2D eigenvalue weighted by Gasteiger charge is 2.15. The second kappa shape index (κ2) is 4.63. The van der Waals surface area contributed by atoms with E-state index in [1.54, 1.807) is 0 Å². The van der Waals surface area contributed by atoms with Crippen LogP contribution in [-0.4, -0.2) is 0 Å². The number of rotatable bonds is 2. The van der Waals surface area contributed by atoms with Crippen LogP contribution < -0.4 is 0 Å². The van der Waals surface area contributed by atoms with E-state index in [2.05, 4.69) is 46.3 Å². The lowest BCUT2D eigenvalue weighted by molar-refractivity contribution is 0.922. The Morgan fingerprint density at radius 1 is 1.20 bits per heavy atom. The molecule has 1 aliphatic carbocycles. The minimum absolute atomic E-state index is 0.886. The number of nitrogens with zero attached hydrogens (tertiary/aromatic N) is 1. The van der Waals surface area contributed by atoms with Crippen molar-refractivity contribution in [2.24, 2.45) is 0 Å². The summed E-state index contributed by atoms with van der Waals surface area (Å²) in [5.41, 5.74) is 4.71. The van der Waals surface area contributed by atoms with Crippen molar-refractivity contribution in [3.8, 4) is 6.07 Å². The lowest BCUT2D eigenvalue weighted by Gasteiger charge is -2.03. The Bertz CT molecular complexity index is 423. The Balaban J connectivity index is 2.34. The predicted molar refractivity (Wildman–Crippen MR) is 65.5 cm³/mol. The van der Waals surface area contributed by atoms with Crippen molar-refractivity contribution in [1.29, 1.82) is 5.26 Å². The van der Waals surface area contributed by atoms with Crippen LogP contribution in [0.2, 0.25) is 0 Å². The van der Waals surface area contributed by atoms with E-state index >= 15 is 0 Å². The summed E-state index contributed by atoms with van der Waals surface area (Å²) in [6, 6.07) is 10.8. The molecule has 0 bridgehead atoms. The highest BCUT2D eigenvalue weighted by molar-refractivity contribution is 9.08. The maximum atomic E-state index is 8.98. The van der Waals surface area contributed by atoms with Gasteiger partial charge in [-0.3, -0.25) is 0 Å². The van der Waals surface area contributed by atoms with Gasteiger partial charge in [0.1, 0.15) is 0 Å². The van der Waals surface area contributed by atoms with Crippen molar-refractivity contribution in [2.45, 2.75) is 24.6 Å². The SMILES string of the molecule is N#CC1=C(c2ccc(CBr)cc2)CCC1. The van der Waals surface area contributed by atoms with Gasteiger partial charge in [0.05, 0.1) is 6.07 Å². The fourth-order valence-electron chi connectivity index (χ4n) is 1.98. The second-order valence-electron chi connectivity index (χ2n) is 3.75. The van der Waals surface area contributed by atoms with Crippen LogP contribution in [0.5, 0.6) is 0 Å². The molecule has 0 amide bonds. The molecule has 0 N–H and O–H groups in total. The third-order valence-corrected chi connectivity index (χ3v) is 3.46. The maximum Gasteiger partial charge on any atom is 0.0950 e. The molecule has 0 spiro atoms. The molecule has 0 atom stereocenters. The van der Waals surface area contributed by atoms with Crippen molar-refractivity contribution in [1.82, 2.24) is 0 Å². The molecular formula is C13H12BrN.